The van der Waals surface area contributed by atoms with Crippen molar-refractivity contribution in [2.45, 2.75) is 32.2 Å². The molecule has 1 heterocycles. The molecule has 2 aromatic carbocycles. The second-order valence-corrected chi connectivity index (χ2v) is 7.57. The molecule has 0 spiro atoms. The third-order valence-electron chi connectivity index (χ3n) is 4.80. The summed E-state index contributed by atoms with van der Waals surface area (Å²) < 4.78 is 6.38. The molecule has 2 aromatic rings. The van der Waals surface area contributed by atoms with E-state index in [1.807, 2.05) is 35.2 Å². The van der Waals surface area contributed by atoms with Crippen molar-refractivity contribution in [1.82, 2.24) is 0 Å². The number of hydrogen-bond acceptors (Lipinski definition) is 2. The fourth-order valence-electron chi connectivity index (χ4n) is 3.43. The Morgan fingerprint density at radius 3 is 2.60 bits per heavy atom. The molecule has 1 unspecified atom stereocenters. The lowest BCUT2D eigenvalue weighted by Gasteiger charge is -2.34. The van der Waals surface area contributed by atoms with Gasteiger partial charge in [-0.2, -0.15) is 0 Å². The van der Waals surface area contributed by atoms with Crippen LogP contribution in [-0.4, -0.2) is 17.4 Å². The van der Waals surface area contributed by atoms with Crippen LogP contribution in [0.25, 0.3) is 0 Å². The van der Waals surface area contributed by atoms with Crippen LogP contribution >= 0.6 is 22.6 Å². The van der Waals surface area contributed by atoms with Crippen LogP contribution in [0.15, 0.2) is 48.5 Å². The maximum Gasteiger partial charge on any atom is 0.230 e. The number of benzene rings is 2. The Labute approximate surface area is 163 Å². The number of methoxy groups -OCH3 is 1. The Kier molecular flexibility index (Phi) is 6.34. The molecule has 0 aliphatic carbocycles. The van der Waals surface area contributed by atoms with Gasteiger partial charge >= 0.3 is 0 Å². The fourth-order valence-corrected chi connectivity index (χ4v) is 3.97. The number of para-hydroxylation sites is 1. The highest BCUT2D eigenvalue weighted by molar-refractivity contribution is 14.1. The van der Waals surface area contributed by atoms with E-state index < -0.39 is 0 Å². The van der Waals surface area contributed by atoms with Gasteiger partial charge in [-0.25, -0.2) is 0 Å². The third kappa shape index (κ3) is 4.35. The summed E-state index contributed by atoms with van der Waals surface area (Å²) in [5, 5.41) is 0. The first kappa shape index (κ1) is 18.2. The highest BCUT2D eigenvalue weighted by Crippen LogP contribution is 2.34. The number of fused-ring (bicyclic) bond motifs is 1. The van der Waals surface area contributed by atoms with E-state index >= 15 is 0 Å². The van der Waals surface area contributed by atoms with Crippen molar-refractivity contribution in [2.24, 2.45) is 5.92 Å². The lowest BCUT2D eigenvalue weighted by Crippen LogP contribution is -2.40. The molecule has 0 aromatic heterocycles. The Hall–Kier alpha value is -1.56. The lowest BCUT2D eigenvalue weighted by atomic mass is 9.88. The summed E-state index contributed by atoms with van der Waals surface area (Å²) in [6.45, 7) is 0.614. The average Bonchev–Trinajstić information content (AvgIpc) is 2.65. The summed E-state index contributed by atoms with van der Waals surface area (Å²) in [7, 11) is 1.67. The quantitative estimate of drug-likeness (QED) is 0.338. The Morgan fingerprint density at radius 2 is 1.88 bits per heavy atom. The number of carbonyl (C=O) groups excluding carboxylic acids is 1. The molecule has 0 saturated heterocycles. The molecule has 4 heteroatoms. The molecule has 25 heavy (non-hydrogen) atoms. The summed E-state index contributed by atoms with van der Waals surface area (Å²) in [5.41, 5.74) is 3.47. The molecule has 0 radical (unpaired) electrons. The molecule has 3 rings (SSSR count). The van der Waals surface area contributed by atoms with Gasteiger partial charge in [0.15, 0.2) is 0 Å². The third-order valence-corrected chi connectivity index (χ3v) is 5.56. The van der Waals surface area contributed by atoms with E-state index in [4.69, 9.17) is 4.74 Å². The van der Waals surface area contributed by atoms with Crippen LogP contribution in [0.4, 0.5) is 5.69 Å². The number of unbranched alkanes of at least 4 members (excludes halogenated alkanes) is 1. The summed E-state index contributed by atoms with van der Waals surface area (Å²) >= 11 is 2.41. The zero-order chi connectivity index (χ0) is 17.6. The van der Waals surface area contributed by atoms with Crippen LogP contribution in [0.1, 0.15) is 30.4 Å². The van der Waals surface area contributed by atoms with Crippen molar-refractivity contribution in [3.8, 4) is 5.75 Å². The van der Waals surface area contributed by atoms with Crippen LogP contribution in [0.5, 0.6) is 5.75 Å². The van der Waals surface area contributed by atoms with E-state index in [0.717, 1.165) is 40.7 Å². The van der Waals surface area contributed by atoms with E-state index in [2.05, 4.69) is 40.8 Å². The van der Waals surface area contributed by atoms with E-state index in [1.165, 1.54) is 12.0 Å². The number of halogens is 1. The second-order valence-electron chi connectivity index (χ2n) is 6.49. The lowest BCUT2D eigenvalue weighted by molar-refractivity contribution is -0.123. The zero-order valence-electron chi connectivity index (χ0n) is 14.6. The van der Waals surface area contributed by atoms with Crippen LogP contribution in [0.3, 0.4) is 0 Å². The minimum Gasteiger partial charge on any atom is -0.497 e. The van der Waals surface area contributed by atoms with Crippen molar-refractivity contribution in [3.63, 3.8) is 0 Å². The van der Waals surface area contributed by atoms with E-state index in [0.29, 0.717) is 6.54 Å². The van der Waals surface area contributed by atoms with Crippen LogP contribution in [0.2, 0.25) is 0 Å². The van der Waals surface area contributed by atoms with Crippen molar-refractivity contribution in [3.05, 3.63) is 59.7 Å². The second kappa shape index (κ2) is 8.70. The standard InChI is InChI=1S/C21H24INO2/c1-25-19-11-9-16(10-12-19)15-23-20-8-3-2-6-17(20)14-18(21(23)24)7-4-5-13-22/h2-3,6,8-12,18H,4-5,7,13-15H2,1H3. The average molecular weight is 449 g/mol. The number of ether oxygens (including phenoxy) is 1. The number of hydrogen-bond donors (Lipinski definition) is 0. The van der Waals surface area contributed by atoms with Gasteiger partial charge in [-0.05, 0) is 53.0 Å². The molecule has 0 bridgehead atoms. The summed E-state index contributed by atoms with van der Waals surface area (Å²) in [4.78, 5) is 15.1. The van der Waals surface area contributed by atoms with Gasteiger partial charge in [0, 0.05) is 11.6 Å². The predicted octanol–water partition coefficient (Wildman–Crippen LogP) is 5.01. The molecule has 0 fully saturated rings. The minimum atomic E-state index is 0.107. The molecule has 0 saturated carbocycles. The first-order chi connectivity index (χ1) is 12.2. The van der Waals surface area contributed by atoms with Gasteiger partial charge in [0.05, 0.1) is 13.7 Å². The van der Waals surface area contributed by atoms with Crippen molar-refractivity contribution in [1.29, 1.82) is 0 Å². The first-order valence-corrected chi connectivity index (χ1v) is 10.3. The summed E-state index contributed by atoms with van der Waals surface area (Å²) in [6.07, 6.45) is 4.16. The Balaban J connectivity index is 1.82. The van der Waals surface area contributed by atoms with Crippen LogP contribution in [0, 0.1) is 5.92 Å². The molecule has 132 valence electrons. The highest BCUT2D eigenvalue weighted by Gasteiger charge is 2.32. The van der Waals surface area contributed by atoms with Gasteiger partial charge in [-0.15, -0.1) is 0 Å². The maximum absolute atomic E-state index is 13.1. The number of rotatable bonds is 7. The largest absolute Gasteiger partial charge is 0.497 e. The monoisotopic (exact) mass is 449 g/mol. The molecule has 1 atom stereocenters. The van der Waals surface area contributed by atoms with Gasteiger partial charge in [-0.1, -0.05) is 59.3 Å². The zero-order valence-corrected chi connectivity index (χ0v) is 16.7. The number of alkyl halides is 1. The predicted molar refractivity (Wildman–Crippen MR) is 111 cm³/mol. The molecular formula is C21H24INO2. The van der Waals surface area contributed by atoms with Gasteiger partial charge in [0.2, 0.25) is 5.91 Å². The van der Waals surface area contributed by atoms with Gasteiger partial charge in [0.1, 0.15) is 5.75 Å². The number of carbonyl (C=O) groups is 1. The van der Waals surface area contributed by atoms with Gasteiger partial charge in [0.25, 0.3) is 0 Å². The van der Waals surface area contributed by atoms with E-state index in [1.54, 1.807) is 7.11 Å². The van der Waals surface area contributed by atoms with Gasteiger partial charge in [-0.3, -0.25) is 4.79 Å². The number of anilines is 1. The number of amides is 1. The molecular weight excluding hydrogens is 425 g/mol. The van der Waals surface area contributed by atoms with Crippen LogP contribution in [-0.2, 0) is 17.8 Å². The van der Waals surface area contributed by atoms with Gasteiger partial charge < -0.3 is 9.64 Å². The van der Waals surface area contributed by atoms with Crippen LogP contribution < -0.4 is 9.64 Å². The topological polar surface area (TPSA) is 29.5 Å². The van der Waals surface area contributed by atoms with Crippen molar-refractivity contribution < 1.29 is 9.53 Å². The van der Waals surface area contributed by atoms with Crippen molar-refractivity contribution >= 4 is 34.2 Å². The van der Waals surface area contributed by atoms with Crippen molar-refractivity contribution in [2.75, 3.05) is 16.4 Å². The summed E-state index contributed by atoms with van der Waals surface area (Å²) in [5.74, 6) is 1.21. The molecule has 3 nitrogen and oxygen atoms in total. The summed E-state index contributed by atoms with van der Waals surface area (Å²) in [6, 6.07) is 16.3. The SMILES string of the molecule is COc1ccc(CN2C(=O)C(CCCCI)Cc3ccccc32)cc1. The fraction of sp³-hybridized carbons (Fsp3) is 0.381. The van der Waals surface area contributed by atoms with E-state index in [9.17, 15) is 4.79 Å². The highest BCUT2D eigenvalue weighted by atomic mass is 127. The minimum absolute atomic E-state index is 0.107. The Morgan fingerprint density at radius 1 is 1.12 bits per heavy atom. The number of nitrogens with zero attached hydrogens (tertiary/aromatic N) is 1. The Bertz CT molecular complexity index is 714. The smallest absolute Gasteiger partial charge is 0.230 e. The molecule has 1 aliphatic rings. The maximum atomic E-state index is 13.1. The van der Waals surface area contributed by atoms with E-state index in [-0.39, 0.29) is 11.8 Å². The molecule has 1 amide bonds. The molecule has 1 aliphatic heterocycles. The normalized spacial score (nSPS) is 16.6. The molecule has 0 N–H and O–H groups in total. The first-order valence-electron chi connectivity index (χ1n) is 8.81.